The number of nitrogens with zero attached hydrogens (tertiary/aromatic N) is 1. The van der Waals surface area contributed by atoms with Crippen molar-refractivity contribution in [2.45, 2.75) is 30.6 Å². The summed E-state index contributed by atoms with van der Waals surface area (Å²) in [6.07, 6.45) is 9.01. The molecule has 148 valence electrons. The standard InChI is InChI=1S/C20H20BrClN2O3S/c1-28(26,27)18-8-6-14(11-17(18)22)16(10-13-4-2-3-5-13)20(25)24-19-9-7-15(21)12-23-19/h6-13H,2-5H2,1H3,(H,23,24,25)/b16-10+. The van der Waals surface area contributed by atoms with Gasteiger partial charge in [-0.1, -0.05) is 36.6 Å². The molecule has 1 saturated carbocycles. The number of sulfone groups is 1. The quantitative estimate of drug-likeness (QED) is 0.599. The molecular weight excluding hydrogens is 464 g/mol. The van der Waals surface area contributed by atoms with E-state index in [2.05, 4.69) is 26.2 Å². The van der Waals surface area contributed by atoms with Crippen LogP contribution in [0.3, 0.4) is 0 Å². The van der Waals surface area contributed by atoms with Crippen LogP contribution in [-0.4, -0.2) is 25.6 Å². The van der Waals surface area contributed by atoms with Crippen molar-refractivity contribution in [1.82, 2.24) is 4.98 Å². The van der Waals surface area contributed by atoms with Crippen LogP contribution >= 0.6 is 27.5 Å². The van der Waals surface area contributed by atoms with Gasteiger partial charge in [-0.3, -0.25) is 4.79 Å². The first-order chi connectivity index (χ1) is 13.2. The first-order valence-electron chi connectivity index (χ1n) is 8.89. The number of rotatable bonds is 5. The number of amides is 1. The molecule has 1 amide bonds. The Morgan fingerprint density at radius 2 is 1.96 bits per heavy atom. The molecule has 0 atom stereocenters. The third kappa shape index (κ3) is 5.21. The van der Waals surface area contributed by atoms with Gasteiger partial charge in [-0.05, 0) is 64.5 Å². The predicted octanol–water partition coefficient (Wildman–Crippen LogP) is 5.11. The Kier molecular flexibility index (Phi) is 6.58. The fourth-order valence-corrected chi connectivity index (χ4v) is 4.83. The Morgan fingerprint density at radius 3 is 2.54 bits per heavy atom. The first kappa shape index (κ1) is 21.0. The molecule has 3 rings (SSSR count). The van der Waals surface area contributed by atoms with Gasteiger partial charge in [0.25, 0.3) is 5.91 Å². The minimum atomic E-state index is -3.44. The molecule has 0 radical (unpaired) electrons. The number of hydrogen-bond donors (Lipinski definition) is 1. The summed E-state index contributed by atoms with van der Waals surface area (Å²) in [7, 11) is -3.44. The summed E-state index contributed by atoms with van der Waals surface area (Å²) in [5.41, 5.74) is 1.05. The number of nitrogens with one attached hydrogen (secondary N) is 1. The fourth-order valence-electron chi connectivity index (χ4n) is 3.27. The van der Waals surface area contributed by atoms with Crippen molar-refractivity contribution in [3.8, 4) is 0 Å². The number of halogens is 2. The van der Waals surface area contributed by atoms with Crippen molar-refractivity contribution in [1.29, 1.82) is 0 Å². The number of pyridine rings is 1. The lowest BCUT2D eigenvalue weighted by Crippen LogP contribution is -2.15. The molecule has 0 saturated heterocycles. The number of carbonyl (C=O) groups is 1. The molecule has 0 unspecified atom stereocenters. The summed E-state index contributed by atoms with van der Waals surface area (Å²) in [5, 5.41) is 2.91. The number of hydrogen-bond acceptors (Lipinski definition) is 4. The molecule has 28 heavy (non-hydrogen) atoms. The van der Waals surface area contributed by atoms with Crippen LogP contribution in [0.1, 0.15) is 31.2 Å². The second-order valence-corrected chi connectivity index (χ2v) is 10.2. The van der Waals surface area contributed by atoms with E-state index in [-0.39, 0.29) is 15.8 Å². The van der Waals surface area contributed by atoms with Crippen molar-refractivity contribution in [2.75, 3.05) is 11.6 Å². The molecule has 1 heterocycles. The lowest BCUT2D eigenvalue weighted by molar-refractivity contribution is -0.111. The van der Waals surface area contributed by atoms with Crippen molar-refractivity contribution in [3.05, 3.63) is 57.7 Å². The van der Waals surface area contributed by atoms with E-state index in [1.54, 1.807) is 24.4 Å². The van der Waals surface area contributed by atoms with Gasteiger partial charge in [-0.2, -0.15) is 0 Å². The second kappa shape index (κ2) is 8.76. The molecule has 8 heteroatoms. The summed E-state index contributed by atoms with van der Waals surface area (Å²) < 4.78 is 24.5. The predicted molar refractivity (Wildman–Crippen MR) is 115 cm³/mol. The zero-order valence-electron chi connectivity index (χ0n) is 15.3. The lowest BCUT2D eigenvalue weighted by Gasteiger charge is -2.13. The summed E-state index contributed by atoms with van der Waals surface area (Å²) in [4.78, 5) is 17.2. The largest absolute Gasteiger partial charge is 0.307 e. The average Bonchev–Trinajstić information content (AvgIpc) is 3.13. The molecule has 0 spiro atoms. The van der Waals surface area contributed by atoms with Crippen molar-refractivity contribution >= 4 is 54.7 Å². The van der Waals surface area contributed by atoms with Gasteiger partial charge < -0.3 is 5.32 Å². The maximum atomic E-state index is 13.0. The van der Waals surface area contributed by atoms with E-state index < -0.39 is 9.84 Å². The summed E-state index contributed by atoms with van der Waals surface area (Å²) in [5.74, 6) is 0.446. The highest BCUT2D eigenvalue weighted by molar-refractivity contribution is 9.10. The molecule has 0 bridgehead atoms. The van der Waals surface area contributed by atoms with Crippen LogP contribution in [-0.2, 0) is 14.6 Å². The molecular formula is C20H20BrClN2O3S. The Morgan fingerprint density at radius 1 is 1.25 bits per heavy atom. The number of carbonyl (C=O) groups excluding carboxylic acids is 1. The van der Waals surface area contributed by atoms with Gasteiger partial charge in [0.2, 0.25) is 0 Å². The van der Waals surface area contributed by atoms with Crippen LogP contribution in [0.4, 0.5) is 5.82 Å². The normalized spacial score (nSPS) is 15.6. The average molecular weight is 484 g/mol. The highest BCUT2D eigenvalue weighted by atomic mass is 79.9. The van der Waals surface area contributed by atoms with Crippen LogP contribution in [0.5, 0.6) is 0 Å². The molecule has 1 aliphatic rings. The number of benzene rings is 1. The monoisotopic (exact) mass is 482 g/mol. The summed E-state index contributed by atoms with van der Waals surface area (Å²) in [6.45, 7) is 0. The van der Waals surface area contributed by atoms with E-state index in [9.17, 15) is 13.2 Å². The zero-order valence-corrected chi connectivity index (χ0v) is 18.4. The SMILES string of the molecule is CS(=O)(=O)c1ccc(/C(=C\C2CCCC2)C(=O)Nc2ccc(Br)cn2)cc1Cl. The van der Waals surface area contributed by atoms with E-state index in [4.69, 9.17) is 11.6 Å². The van der Waals surface area contributed by atoms with E-state index >= 15 is 0 Å². The number of allylic oxidation sites excluding steroid dienone is 1. The van der Waals surface area contributed by atoms with Gasteiger partial charge in [0.1, 0.15) is 5.82 Å². The Hall–Kier alpha value is -1.70. The maximum absolute atomic E-state index is 13.0. The number of anilines is 1. The van der Waals surface area contributed by atoms with E-state index in [1.165, 1.54) is 12.1 Å². The van der Waals surface area contributed by atoms with Crippen LogP contribution in [0, 0.1) is 5.92 Å². The highest BCUT2D eigenvalue weighted by Crippen LogP contribution is 2.32. The molecule has 1 aliphatic carbocycles. The smallest absolute Gasteiger partial charge is 0.257 e. The van der Waals surface area contributed by atoms with Gasteiger partial charge in [-0.25, -0.2) is 13.4 Å². The summed E-state index contributed by atoms with van der Waals surface area (Å²) in [6, 6.07) is 8.10. The third-order valence-electron chi connectivity index (χ3n) is 4.66. The Labute approximate surface area is 178 Å². The Bertz CT molecular complexity index is 1010. The fraction of sp³-hybridized carbons (Fsp3) is 0.300. The molecule has 1 aromatic carbocycles. The van der Waals surface area contributed by atoms with Crippen LogP contribution in [0.2, 0.25) is 5.02 Å². The minimum Gasteiger partial charge on any atom is -0.307 e. The second-order valence-electron chi connectivity index (χ2n) is 6.86. The molecule has 0 aliphatic heterocycles. The van der Waals surface area contributed by atoms with Crippen molar-refractivity contribution < 1.29 is 13.2 Å². The molecule has 1 aromatic heterocycles. The first-order valence-corrected chi connectivity index (χ1v) is 11.9. The van der Waals surface area contributed by atoms with Crippen LogP contribution in [0.15, 0.2) is 52.0 Å². The topological polar surface area (TPSA) is 76.1 Å². The van der Waals surface area contributed by atoms with Gasteiger partial charge in [0, 0.05) is 22.5 Å². The van der Waals surface area contributed by atoms with Crippen LogP contribution in [0.25, 0.3) is 5.57 Å². The highest BCUT2D eigenvalue weighted by Gasteiger charge is 2.21. The molecule has 5 nitrogen and oxygen atoms in total. The maximum Gasteiger partial charge on any atom is 0.257 e. The van der Waals surface area contributed by atoms with Crippen molar-refractivity contribution in [2.24, 2.45) is 5.92 Å². The minimum absolute atomic E-state index is 0.0492. The molecule has 2 aromatic rings. The van der Waals surface area contributed by atoms with E-state index in [0.29, 0.717) is 22.9 Å². The number of aromatic nitrogens is 1. The van der Waals surface area contributed by atoms with Gasteiger partial charge >= 0.3 is 0 Å². The lowest BCUT2D eigenvalue weighted by atomic mass is 9.98. The van der Waals surface area contributed by atoms with E-state index in [1.807, 2.05) is 6.08 Å². The van der Waals surface area contributed by atoms with Gasteiger partial charge in [0.15, 0.2) is 9.84 Å². The van der Waals surface area contributed by atoms with E-state index in [0.717, 1.165) is 36.4 Å². The van der Waals surface area contributed by atoms with Crippen molar-refractivity contribution in [3.63, 3.8) is 0 Å². The third-order valence-corrected chi connectivity index (χ3v) is 6.71. The molecule has 1 N–H and O–H groups in total. The Balaban J connectivity index is 1.96. The summed E-state index contributed by atoms with van der Waals surface area (Å²) >= 11 is 9.52. The zero-order chi connectivity index (χ0) is 20.3. The van der Waals surface area contributed by atoms with Crippen LogP contribution < -0.4 is 5.32 Å². The van der Waals surface area contributed by atoms with Gasteiger partial charge in [-0.15, -0.1) is 0 Å². The van der Waals surface area contributed by atoms with Gasteiger partial charge in [0.05, 0.1) is 9.92 Å². The molecule has 1 fully saturated rings.